The highest BCUT2D eigenvalue weighted by molar-refractivity contribution is 4.87. The van der Waals surface area contributed by atoms with Gasteiger partial charge >= 0.3 is 0 Å². The van der Waals surface area contributed by atoms with Gasteiger partial charge in [0.15, 0.2) is 5.82 Å². The Hall–Kier alpha value is -0.940. The van der Waals surface area contributed by atoms with Crippen LogP contribution in [0, 0.1) is 0 Å². The summed E-state index contributed by atoms with van der Waals surface area (Å²) in [5.41, 5.74) is 0. The van der Waals surface area contributed by atoms with E-state index in [2.05, 4.69) is 34.5 Å². The smallest absolute Gasteiger partial charge is 0.240 e. The van der Waals surface area contributed by atoms with Crippen LogP contribution in [0.25, 0.3) is 0 Å². The normalized spacial score (nSPS) is 24.7. The molecule has 18 heavy (non-hydrogen) atoms. The molecule has 102 valence electrons. The van der Waals surface area contributed by atoms with Gasteiger partial charge in [0.2, 0.25) is 5.89 Å². The predicted octanol–water partition coefficient (Wildman–Crippen LogP) is 1.59. The molecule has 1 fully saturated rings. The number of hydrogen-bond acceptors (Lipinski definition) is 5. The highest BCUT2D eigenvalue weighted by Gasteiger charge is 2.24. The van der Waals surface area contributed by atoms with Crippen LogP contribution in [0.3, 0.4) is 0 Å². The second-order valence-corrected chi connectivity index (χ2v) is 5.17. The molecule has 0 unspecified atom stereocenters. The summed E-state index contributed by atoms with van der Waals surface area (Å²) in [7, 11) is 4.21. The molecule has 0 aromatic carbocycles. The number of nitrogens with one attached hydrogen (secondary N) is 1. The molecule has 2 rings (SSSR count). The Morgan fingerprint density at radius 3 is 2.61 bits per heavy atom. The fraction of sp³-hybridized carbons (Fsp3) is 0.846. The third-order valence-corrected chi connectivity index (χ3v) is 3.94. The first-order chi connectivity index (χ1) is 8.72. The van der Waals surface area contributed by atoms with Gasteiger partial charge in [-0.1, -0.05) is 12.1 Å². The van der Waals surface area contributed by atoms with E-state index in [1.165, 1.54) is 25.7 Å². The van der Waals surface area contributed by atoms with Crippen molar-refractivity contribution in [1.29, 1.82) is 0 Å². The minimum atomic E-state index is 0.645. The second kappa shape index (κ2) is 6.29. The van der Waals surface area contributed by atoms with Crippen LogP contribution < -0.4 is 5.32 Å². The Labute approximate surface area is 109 Å². The van der Waals surface area contributed by atoms with Gasteiger partial charge in [-0.05, 0) is 39.8 Å². The molecular weight excluding hydrogens is 228 g/mol. The lowest BCUT2D eigenvalue weighted by atomic mass is 9.90. The van der Waals surface area contributed by atoms with Gasteiger partial charge < -0.3 is 9.84 Å². The summed E-state index contributed by atoms with van der Waals surface area (Å²) in [6.07, 6.45) is 5.85. The van der Waals surface area contributed by atoms with Crippen molar-refractivity contribution >= 4 is 0 Å². The quantitative estimate of drug-likeness (QED) is 0.862. The molecule has 5 nitrogen and oxygen atoms in total. The third kappa shape index (κ3) is 3.29. The zero-order chi connectivity index (χ0) is 13.0. The lowest BCUT2D eigenvalue weighted by molar-refractivity contribution is 0.153. The van der Waals surface area contributed by atoms with Crippen LogP contribution in [-0.4, -0.2) is 41.2 Å². The Kier molecular flexibility index (Phi) is 4.72. The molecular formula is C13H24N4O. The molecule has 1 aliphatic rings. The second-order valence-electron chi connectivity index (χ2n) is 5.17. The molecule has 5 heteroatoms. The first-order valence-corrected chi connectivity index (χ1v) is 6.92. The Morgan fingerprint density at radius 1 is 1.33 bits per heavy atom. The van der Waals surface area contributed by atoms with E-state index in [0.29, 0.717) is 12.1 Å². The molecule has 1 saturated carbocycles. The molecule has 0 bridgehead atoms. The summed E-state index contributed by atoms with van der Waals surface area (Å²) in [5.74, 6) is 1.54. The van der Waals surface area contributed by atoms with Crippen molar-refractivity contribution in [3.8, 4) is 0 Å². The lowest BCUT2D eigenvalue weighted by Crippen LogP contribution is -2.39. The molecule has 1 aromatic heterocycles. The van der Waals surface area contributed by atoms with Crippen molar-refractivity contribution in [2.24, 2.45) is 0 Å². The minimum absolute atomic E-state index is 0.645. The van der Waals surface area contributed by atoms with E-state index in [-0.39, 0.29) is 0 Å². The maximum Gasteiger partial charge on any atom is 0.240 e. The summed E-state index contributed by atoms with van der Waals surface area (Å²) < 4.78 is 5.24. The van der Waals surface area contributed by atoms with Crippen molar-refractivity contribution in [2.75, 3.05) is 14.1 Å². The molecule has 0 atom stereocenters. The number of aromatic nitrogens is 2. The monoisotopic (exact) mass is 252 g/mol. The number of aryl methyl sites for hydroxylation is 1. The highest BCUT2D eigenvalue weighted by Crippen LogP contribution is 2.23. The predicted molar refractivity (Wildman–Crippen MR) is 70.2 cm³/mol. The summed E-state index contributed by atoms with van der Waals surface area (Å²) in [6.45, 7) is 2.80. The van der Waals surface area contributed by atoms with Crippen molar-refractivity contribution in [3.05, 3.63) is 11.7 Å². The van der Waals surface area contributed by atoms with E-state index in [1.54, 1.807) is 0 Å². The lowest BCUT2D eigenvalue weighted by Gasteiger charge is -2.33. The van der Waals surface area contributed by atoms with Crippen LogP contribution in [0.4, 0.5) is 0 Å². The van der Waals surface area contributed by atoms with Gasteiger partial charge in [0.1, 0.15) is 0 Å². The topological polar surface area (TPSA) is 54.2 Å². The molecule has 1 aliphatic carbocycles. The van der Waals surface area contributed by atoms with Crippen LogP contribution in [0.1, 0.15) is 44.3 Å². The summed E-state index contributed by atoms with van der Waals surface area (Å²) in [6, 6.07) is 1.34. The van der Waals surface area contributed by atoms with Gasteiger partial charge in [-0.15, -0.1) is 0 Å². The first kappa shape index (κ1) is 13.5. The SMILES string of the molecule is CCc1noc(CN(C)C2CCC(NC)CC2)n1. The van der Waals surface area contributed by atoms with E-state index in [0.717, 1.165) is 24.7 Å². The van der Waals surface area contributed by atoms with Gasteiger partial charge in [0.25, 0.3) is 0 Å². The molecule has 0 spiro atoms. The van der Waals surface area contributed by atoms with E-state index in [1.807, 2.05) is 6.92 Å². The van der Waals surface area contributed by atoms with Crippen LogP contribution in [0.2, 0.25) is 0 Å². The Bertz CT molecular complexity index is 358. The van der Waals surface area contributed by atoms with E-state index < -0.39 is 0 Å². The number of hydrogen-bond donors (Lipinski definition) is 1. The molecule has 0 aliphatic heterocycles. The molecule has 1 aromatic rings. The first-order valence-electron chi connectivity index (χ1n) is 6.92. The van der Waals surface area contributed by atoms with Crippen molar-refractivity contribution in [1.82, 2.24) is 20.4 Å². The zero-order valence-electron chi connectivity index (χ0n) is 11.6. The maximum atomic E-state index is 5.24. The van der Waals surface area contributed by atoms with Gasteiger partial charge in [-0.2, -0.15) is 4.98 Å². The number of rotatable bonds is 5. The summed E-state index contributed by atoms with van der Waals surface area (Å²) in [5, 5.41) is 7.30. The van der Waals surface area contributed by atoms with Gasteiger partial charge in [-0.25, -0.2) is 0 Å². The largest absolute Gasteiger partial charge is 0.338 e. The van der Waals surface area contributed by atoms with E-state index in [9.17, 15) is 0 Å². The highest BCUT2D eigenvalue weighted by atomic mass is 16.5. The molecule has 0 saturated heterocycles. The average Bonchev–Trinajstić information content (AvgIpc) is 2.86. The van der Waals surface area contributed by atoms with Crippen molar-refractivity contribution in [2.45, 2.75) is 57.7 Å². The fourth-order valence-electron chi connectivity index (χ4n) is 2.65. The molecule has 0 radical (unpaired) electrons. The fourth-order valence-corrected chi connectivity index (χ4v) is 2.65. The minimum Gasteiger partial charge on any atom is -0.338 e. The van der Waals surface area contributed by atoms with Crippen molar-refractivity contribution in [3.63, 3.8) is 0 Å². The van der Waals surface area contributed by atoms with Crippen LogP contribution >= 0.6 is 0 Å². The van der Waals surface area contributed by atoms with Crippen molar-refractivity contribution < 1.29 is 4.52 Å². The number of nitrogens with zero attached hydrogens (tertiary/aromatic N) is 3. The van der Waals surface area contributed by atoms with Gasteiger partial charge in [0, 0.05) is 18.5 Å². The zero-order valence-corrected chi connectivity index (χ0v) is 11.6. The van der Waals surface area contributed by atoms with E-state index >= 15 is 0 Å². The summed E-state index contributed by atoms with van der Waals surface area (Å²) >= 11 is 0. The van der Waals surface area contributed by atoms with Crippen LogP contribution in [0.5, 0.6) is 0 Å². The molecule has 0 amide bonds. The Balaban J connectivity index is 1.82. The van der Waals surface area contributed by atoms with E-state index in [4.69, 9.17) is 4.52 Å². The van der Waals surface area contributed by atoms with Crippen LogP contribution in [-0.2, 0) is 13.0 Å². The average molecular weight is 252 g/mol. The molecule has 1 heterocycles. The summed E-state index contributed by atoms with van der Waals surface area (Å²) in [4.78, 5) is 6.71. The maximum absolute atomic E-state index is 5.24. The van der Waals surface area contributed by atoms with Gasteiger partial charge in [0.05, 0.1) is 6.54 Å². The van der Waals surface area contributed by atoms with Crippen LogP contribution in [0.15, 0.2) is 4.52 Å². The Morgan fingerprint density at radius 2 is 2.06 bits per heavy atom. The standard InChI is InChI=1S/C13H24N4O/c1-4-12-15-13(18-16-12)9-17(3)11-7-5-10(14-2)6-8-11/h10-11,14H,4-9H2,1-3H3. The third-order valence-electron chi connectivity index (χ3n) is 3.94. The van der Waals surface area contributed by atoms with Gasteiger partial charge in [-0.3, -0.25) is 4.90 Å². The molecule has 1 N–H and O–H groups in total.